The van der Waals surface area contributed by atoms with Crippen LogP contribution in [0.15, 0.2) is 0 Å². The fourth-order valence-electron chi connectivity index (χ4n) is 0.469. The molecule has 0 spiro atoms. The van der Waals surface area contributed by atoms with Crippen molar-refractivity contribution in [2.45, 2.75) is 26.1 Å². The molecule has 0 aliphatic heterocycles. The van der Waals surface area contributed by atoms with Crippen LogP contribution in [0.5, 0.6) is 0 Å². The Morgan fingerprint density at radius 3 is 1.90 bits per heavy atom. The third-order valence-corrected chi connectivity index (χ3v) is 5.95. The number of rotatable bonds is 3. The van der Waals surface area contributed by atoms with Gasteiger partial charge in [0.2, 0.25) is 8.32 Å². The molecule has 0 saturated carbocycles. The van der Waals surface area contributed by atoms with Gasteiger partial charge in [0.15, 0.2) is 0 Å². The third kappa shape index (κ3) is 4.96. The monoisotopic (exact) mass is 182 g/mol. The summed E-state index contributed by atoms with van der Waals surface area (Å²) in [7, 11) is -5.13. The van der Waals surface area contributed by atoms with E-state index in [9.17, 15) is 8.42 Å². The minimum atomic E-state index is -3.23. The summed E-state index contributed by atoms with van der Waals surface area (Å²) < 4.78 is 26.1. The zero-order chi connectivity index (χ0) is 8.41. The second-order valence-corrected chi connectivity index (χ2v) is 9.20. The second kappa shape index (κ2) is 3.02. The lowest BCUT2D eigenvalue weighted by Gasteiger charge is -2.17. The Hall–Kier alpha value is 0.127. The average molecular weight is 182 g/mol. The Labute approximate surface area is 63.7 Å². The molecule has 0 N–H and O–H groups in total. The molecule has 10 heavy (non-hydrogen) atoms. The van der Waals surface area contributed by atoms with E-state index in [1.54, 1.807) is 0 Å². The second-order valence-electron chi connectivity index (χ2n) is 2.90. The lowest BCUT2D eigenvalue weighted by Crippen LogP contribution is -2.31. The van der Waals surface area contributed by atoms with E-state index in [-0.39, 0.29) is 0 Å². The lowest BCUT2D eigenvalue weighted by molar-refractivity contribution is 0.489. The molecule has 0 aliphatic carbocycles. The standard InChI is InChI=1S/C5H14O3SSi/c1-5-10(3,4)8-9(2,6)7/h5H2,1-4H3. The number of hydrogen-bond donors (Lipinski definition) is 0. The van der Waals surface area contributed by atoms with E-state index in [2.05, 4.69) is 0 Å². The van der Waals surface area contributed by atoms with Gasteiger partial charge < -0.3 is 3.87 Å². The van der Waals surface area contributed by atoms with Crippen LogP contribution in [-0.2, 0) is 14.0 Å². The van der Waals surface area contributed by atoms with Crippen LogP contribution >= 0.6 is 0 Å². The molecule has 0 aromatic rings. The van der Waals surface area contributed by atoms with Gasteiger partial charge in [-0.25, -0.2) is 8.42 Å². The average Bonchev–Trinajstić information content (AvgIpc) is 1.60. The van der Waals surface area contributed by atoms with Crippen LogP contribution < -0.4 is 0 Å². The molecule has 0 aromatic carbocycles. The van der Waals surface area contributed by atoms with Crippen molar-refractivity contribution >= 4 is 18.4 Å². The van der Waals surface area contributed by atoms with Crippen molar-refractivity contribution in [3.05, 3.63) is 0 Å². The van der Waals surface area contributed by atoms with Crippen molar-refractivity contribution in [1.29, 1.82) is 0 Å². The summed E-state index contributed by atoms with van der Waals surface area (Å²) in [5.74, 6) is 0. The van der Waals surface area contributed by atoms with Gasteiger partial charge in [0.1, 0.15) is 0 Å². The Bertz CT molecular complexity index is 195. The maximum Gasteiger partial charge on any atom is 0.254 e. The van der Waals surface area contributed by atoms with Gasteiger partial charge in [-0.05, 0) is 19.1 Å². The molecular weight excluding hydrogens is 168 g/mol. The first-order chi connectivity index (χ1) is 4.27. The van der Waals surface area contributed by atoms with Gasteiger partial charge in [-0.1, -0.05) is 6.92 Å². The molecule has 0 unspecified atom stereocenters. The van der Waals surface area contributed by atoms with E-state index >= 15 is 0 Å². The van der Waals surface area contributed by atoms with Crippen LogP contribution in [-0.4, -0.2) is 23.0 Å². The van der Waals surface area contributed by atoms with Crippen LogP contribution in [0, 0.1) is 0 Å². The highest BCUT2D eigenvalue weighted by atomic mass is 32.2. The van der Waals surface area contributed by atoms with Crippen molar-refractivity contribution in [1.82, 2.24) is 0 Å². The minimum absolute atomic E-state index is 0.820. The first-order valence-corrected chi connectivity index (χ1v) is 8.10. The molecule has 0 aromatic heterocycles. The smallest absolute Gasteiger partial charge is 0.254 e. The highest BCUT2D eigenvalue weighted by Crippen LogP contribution is 2.12. The predicted molar refractivity (Wildman–Crippen MR) is 43.9 cm³/mol. The SMILES string of the molecule is CC[Si](C)(C)OS(C)(=O)=O. The number of hydrogen-bond acceptors (Lipinski definition) is 3. The summed E-state index contributed by atoms with van der Waals surface area (Å²) in [5.41, 5.74) is 0. The van der Waals surface area contributed by atoms with Gasteiger partial charge in [-0.15, -0.1) is 0 Å². The van der Waals surface area contributed by atoms with Crippen LogP contribution in [0.25, 0.3) is 0 Å². The molecular formula is C5H14O3SSi. The molecule has 0 atom stereocenters. The molecule has 0 radical (unpaired) electrons. The van der Waals surface area contributed by atoms with Crippen LogP contribution in [0.3, 0.4) is 0 Å². The zero-order valence-corrected chi connectivity index (χ0v) is 8.66. The van der Waals surface area contributed by atoms with E-state index in [1.165, 1.54) is 0 Å². The third-order valence-electron chi connectivity index (χ3n) is 1.23. The van der Waals surface area contributed by atoms with Crippen molar-refractivity contribution in [2.75, 3.05) is 6.26 Å². The summed E-state index contributed by atoms with van der Waals surface area (Å²) >= 11 is 0. The van der Waals surface area contributed by atoms with Crippen LogP contribution in [0.1, 0.15) is 6.92 Å². The summed E-state index contributed by atoms with van der Waals surface area (Å²) in [6.45, 7) is 5.71. The Morgan fingerprint density at radius 1 is 1.40 bits per heavy atom. The first-order valence-electron chi connectivity index (χ1n) is 3.17. The molecule has 0 aliphatic rings. The summed E-state index contributed by atoms with van der Waals surface area (Å²) in [6.07, 6.45) is 1.09. The molecule has 62 valence electrons. The van der Waals surface area contributed by atoms with Gasteiger partial charge in [-0.3, -0.25) is 0 Å². The van der Waals surface area contributed by atoms with Gasteiger partial charge >= 0.3 is 0 Å². The normalized spacial score (nSPS) is 13.6. The van der Waals surface area contributed by atoms with Gasteiger partial charge in [0, 0.05) is 0 Å². The predicted octanol–water partition coefficient (Wildman–Crippen LogP) is 1.19. The molecule has 0 bridgehead atoms. The van der Waals surface area contributed by atoms with Crippen molar-refractivity contribution in [3.8, 4) is 0 Å². The Morgan fingerprint density at radius 2 is 1.80 bits per heavy atom. The zero-order valence-electron chi connectivity index (χ0n) is 6.84. The highest BCUT2D eigenvalue weighted by molar-refractivity contribution is 7.87. The largest absolute Gasteiger partial charge is 0.315 e. The fourth-order valence-corrected chi connectivity index (χ4v) is 4.22. The molecule has 0 saturated heterocycles. The Balaban J connectivity index is 4.16. The van der Waals surface area contributed by atoms with Crippen LogP contribution in [0.4, 0.5) is 0 Å². The molecule has 0 amide bonds. The Kier molecular flexibility index (Phi) is 3.06. The van der Waals surface area contributed by atoms with E-state index < -0.39 is 18.4 Å². The minimum Gasteiger partial charge on any atom is -0.315 e. The maximum absolute atomic E-state index is 10.6. The van der Waals surface area contributed by atoms with Gasteiger partial charge in [0.25, 0.3) is 10.1 Å². The summed E-state index contributed by atoms with van der Waals surface area (Å²) in [6, 6.07) is 0.820. The highest BCUT2D eigenvalue weighted by Gasteiger charge is 2.24. The topological polar surface area (TPSA) is 43.4 Å². The summed E-state index contributed by atoms with van der Waals surface area (Å²) in [5, 5.41) is 0. The fraction of sp³-hybridized carbons (Fsp3) is 1.00. The molecule has 3 nitrogen and oxygen atoms in total. The van der Waals surface area contributed by atoms with Crippen molar-refractivity contribution in [2.24, 2.45) is 0 Å². The first kappa shape index (κ1) is 10.1. The quantitative estimate of drug-likeness (QED) is 0.616. The van der Waals surface area contributed by atoms with Gasteiger partial charge in [-0.2, -0.15) is 0 Å². The van der Waals surface area contributed by atoms with E-state index in [4.69, 9.17) is 3.87 Å². The van der Waals surface area contributed by atoms with Gasteiger partial charge in [0.05, 0.1) is 6.26 Å². The molecule has 0 heterocycles. The molecule has 0 rings (SSSR count). The van der Waals surface area contributed by atoms with E-state index in [0.29, 0.717) is 0 Å². The van der Waals surface area contributed by atoms with Crippen molar-refractivity contribution in [3.63, 3.8) is 0 Å². The lowest BCUT2D eigenvalue weighted by atomic mass is 11.0. The van der Waals surface area contributed by atoms with E-state index in [1.807, 2.05) is 20.0 Å². The molecule has 5 heteroatoms. The maximum atomic E-state index is 10.6. The van der Waals surface area contributed by atoms with Crippen LogP contribution in [0.2, 0.25) is 19.1 Å². The summed E-state index contributed by atoms with van der Waals surface area (Å²) in [4.78, 5) is 0. The van der Waals surface area contributed by atoms with Crippen molar-refractivity contribution < 1.29 is 12.3 Å². The van der Waals surface area contributed by atoms with E-state index in [0.717, 1.165) is 12.3 Å². The molecule has 0 fully saturated rings.